The van der Waals surface area contributed by atoms with Crippen LogP contribution in [0.1, 0.15) is 43.0 Å². The van der Waals surface area contributed by atoms with E-state index < -0.39 is 6.04 Å². The minimum absolute atomic E-state index is 0.177. The number of nitrogens with zero attached hydrogens (tertiary/aromatic N) is 2. The Morgan fingerprint density at radius 3 is 2.70 bits per heavy atom. The Hall–Kier alpha value is -2.43. The third-order valence-corrected chi connectivity index (χ3v) is 4.14. The monoisotopic (exact) mass is 311 g/mol. The van der Waals surface area contributed by atoms with E-state index in [4.69, 9.17) is 0 Å². The molecule has 1 aliphatic carbocycles. The molecular weight excluding hydrogens is 290 g/mol. The number of hydrogen-bond acceptors (Lipinski definition) is 3. The number of aromatic nitrogens is 2. The number of rotatable bonds is 6. The van der Waals surface area contributed by atoms with Gasteiger partial charge in [0, 0.05) is 18.5 Å². The number of hydrogen-bond donors (Lipinski definition) is 1. The smallest absolute Gasteiger partial charge is 0.267 e. The zero-order chi connectivity index (χ0) is 16.2. The molecule has 1 aliphatic rings. The van der Waals surface area contributed by atoms with Crippen molar-refractivity contribution >= 4 is 5.91 Å². The van der Waals surface area contributed by atoms with Crippen molar-refractivity contribution in [3.05, 3.63) is 64.1 Å². The van der Waals surface area contributed by atoms with Crippen molar-refractivity contribution in [3.63, 3.8) is 0 Å². The number of carbonyl (C=O) groups is 1. The lowest BCUT2D eigenvalue weighted by molar-refractivity contribution is -0.124. The van der Waals surface area contributed by atoms with Crippen LogP contribution < -0.4 is 10.9 Å². The van der Waals surface area contributed by atoms with E-state index in [-0.39, 0.29) is 11.5 Å². The molecule has 1 amide bonds. The highest BCUT2D eigenvalue weighted by Gasteiger charge is 2.26. The van der Waals surface area contributed by atoms with Crippen molar-refractivity contribution in [1.29, 1.82) is 0 Å². The van der Waals surface area contributed by atoms with Crippen LogP contribution in [0, 0.1) is 0 Å². The number of nitrogens with one attached hydrogen (secondary N) is 1. The molecule has 0 bridgehead atoms. The van der Waals surface area contributed by atoms with Gasteiger partial charge in [-0.3, -0.25) is 9.59 Å². The summed E-state index contributed by atoms with van der Waals surface area (Å²) in [6.45, 7) is 2.26. The van der Waals surface area contributed by atoms with Crippen LogP contribution in [-0.4, -0.2) is 22.2 Å². The standard InChI is InChI=1S/C18H21N3O2/c1-13(18(23)19-12-11-14-5-3-2-4-6-14)21-17(22)10-9-16(20-21)15-7-8-15/h2-6,9-10,13,15H,7-8,11-12H2,1H3,(H,19,23). The van der Waals surface area contributed by atoms with E-state index in [1.165, 1.54) is 16.3 Å². The summed E-state index contributed by atoms with van der Waals surface area (Å²) < 4.78 is 1.30. The van der Waals surface area contributed by atoms with E-state index in [0.717, 1.165) is 25.0 Å². The van der Waals surface area contributed by atoms with Crippen molar-refractivity contribution in [1.82, 2.24) is 15.1 Å². The van der Waals surface area contributed by atoms with Gasteiger partial charge in [-0.05, 0) is 37.8 Å². The van der Waals surface area contributed by atoms with Crippen LogP contribution in [0.2, 0.25) is 0 Å². The maximum absolute atomic E-state index is 12.3. The third-order valence-electron chi connectivity index (χ3n) is 4.14. The van der Waals surface area contributed by atoms with Gasteiger partial charge in [-0.15, -0.1) is 0 Å². The number of carbonyl (C=O) groups excluding carboxylic acids is 1. The fourth-order valence-corrected chi connectivity index (χ4v) is 2.55. The predicted molar refractivity (Wildman–Crippen MR) is 88.3 cm³/mol. The summed E-state index contributed by atoms with van der Waals surface area (Å²) >= 11 is 0. The lowest BCUT2D eigenvalue weighted by atomic mass is 10.1. The van der Waals surface area contributed by atoms with Gasteiger partial charge in [0.25, 0.3) is 5.56 Å². The molecule has 5 heteroatoms. The average Bonchev–Trinajstić information content (AvgIpc) is 3.40. The largest absolute Gasteiger partial charge is 0.354 e. The van der Waals surface area contributed by atoms with Crippen molar-refractivity contribution in [2.75, 3.05) is 6.54 Å². The highest BCUT2D eigenvalue weighted by Crippen LogP contribution is 2.38. The zero-order valence-electron chi connectivity index (χ0n) is 13.2. The van der Waals surface area contributed by atoms with E-state index in [9.17, 15) is 9.59 Å². The van der Waals surface area contributed by atoms with Crippen LogP contribution in [0.4, 0.5) is 0 Å². The summed E-state index contributed by atoms with van der Waals surface area (Å²) in [5.74, 6) is 0.277. The molecule has 2 aromatic rings. The Bertz CT molecular complexity index is 735. The molecule has 1 unspecified atom stereocenters. The molecule has 1 fully saturated rings. The molecule has 1 aromatic heterocycles. The van der Waals surface area contributed by atoms with Crippen molar-refractivity contribution in [2.45, 2.75) is 38.1 Å². The summed E-state index contributed by atoms with van der Waals surface area (Å²) in [4.78, 5) is 24.2. The Balaban J connectivity index is 1.61. The Labute approximate surface area is 135 Å². The normalized spacial score (nSPS) is 15.2. The first-order valence-corrected chi connectivity index (χ1v) is 8.06. The molecule has 1 atom stereocenters. The lowest BCUT2D eigenvalue weighted by Crippen LogP contribution is -2.38. The summed E-state index contributed by atoms with van der Waals surface area (Å²) in [6.07, 6.45) is 3.00. The fraction of sp³-hybridized carbons (Fsp3) is 0.389. The summed E-state index contributed by atoms with van der Waals surface area (Å²) in [6, 6.07) is 12.7. The van der Waals surface area contributed by atoms with Crippen LogP contribution in [-0.2, 0) is 11.2 Å². The SMILES string of the molecule is CC(C(=O)NCCc1ccccc1)n1nc(C2CC2)ccc1=O. The van der Waals surface area contributed by atoms with Crippen molar-refractivity contribution in [2.24, 2.45) is 0 Å². The summed E-state index contributed by atoms with van der Waals surface area (Å²) in [5.41, 5.74) is 1.85. The first kappa shape index (κ1) is 15.5. The molecule has 0 saturated heterocycles. The predicted octanol–water partition coefficient (Wildman–Crippen LogP) is 2.04. The molecule has 1 heterocycles. The Morgan fingerprint density at radius 2 is 2.00 bits per heavy atom. The Morgan fingerprint density at radius 1 is 1.26 bits per heavy atom. The summed E-state index contributed by atoms with van der Waals surface area (Å²) in [7, 11) is 0. The second-order valence-electron chi connectivity index (χ2n) is 6.02. The highest BCUT2D eigenvalue weighted by atomic mass is 16.2. The maximum atomic E-state index is 12.3. The van der Waals surface area contributed by atoms with Gasteiger partial charge in [-0.1, -0.05) is 30.3 Å². The van der Waals surface area contributed by atoms with E-state index >= 15 is 0 Å². The molecule has 3 rings (SSSR count). The van der Waals surface area contributed by atoms with Gasteiger partial charge >= 0.3 is 0 Å². The number of benzene rings is 1. The van der Waals surface area contributed by atoms with Crippen molar-refractivity contribution in [3.8, 4) is 0 Å². The van der Waals surface area contributed by atoms with E-state index in [2.05, 4.69) is 10.4 Å². The van der Waals surface area contributed by atoms with Crippen LogP contribution in [0.25, 0.3) is 0 Å². The molecule has 0 aliphatic heterocycles. The third kappa shape index (κ3) is 3.86. The molecule has 1 aromatic carbocycles. The molecular formula is C18H21N3O2. The van der Waals surface area contributed by atoms with Crippen LogP contribution >= 0.6 is 0 Å². The highest BCUT2D eigenvalue weighted by molar-refractivity contribution is 5.79. The van der Waals surface area contributed by atoms with Crippen LogP contribution in [0.3, 0.4) is 0 Å². The molecule has 1 saturated carbocycles. The summed E-state index contributed by atoms with van der Waals surface area (Å²) in [5, 5.41) is 7.25. The molecule has 1 N–H and O–H groups in total. The van der Waals surface area contributed by atoms with E-state index in [0.29, 0.717) is 12.5 Å². The van der Waals surface area contributed by atoms with Crippen LogP contribution in [0.5, 0.6) is 0 Å². The van der Waals surface area contributed by atoms with Gasteiger partial charge in [0.2, 0.25) is 5.91 Å². The van der Waals surface area contributed by atoms with E-state index in [1.54, 1.807) is 13.0 Å². The minimum atomic E-state index is -0.600. The van der Waals surface area contributed by atoms with Gasteiger partial charge in [0.15, 0.2) is 0 Å². The Kier molecular flexibility index (Phi) is 4.55. The van der Waals surface area contributed by atoms with Gasteiger partial charge in [0.1, 0.15) is 6.04 Å². The molecule has 0 spiro atoms. The molecule has 23 heavy (non-hydrogen) atoms. The van der Waals surface area contributed by atoms with Gasteiger partial charge in [0.05, 0.1) is 5.69 Å². The fourth-order valence-electron chi connectivity index (χ4n) is 2.55. The number of amides is 1. The lowest BCUT2D eigenvalue weighted by Gasteiger charge is -2.15. The minimum Gasteiger partial charge on any atom is -0.354 e. The van der Waals surface area contributed by atoms with Crippen molar-refractivity contribution < 1.29 is 4.79 Å². The average molecular weight is 311 g/mol. The molecule has 5 nitrogen and oxygen atoms in total. The topological polar surface area (TPSA) is 64.0 Å². The first-order valence-electron chi connectivity index (χ1n) is 8.06. The zero-order valence-corrected chi connectivity index (χ0v) is 13.2. The first-order chi connectivity index (χ1) is 11.1. The van der Waals surface area contributed by atoms with Gasteiger partial charge in [-0.2, -0.15) is 5.10 Å². The maximum Gasteiger partial charge on any atom is 0.267 e. The molecule has 120 valence electrons. The van der Waals surface area contributed by atoms with E-state index in [1.807, 2.05) is 30.3 Å². The van der Waals surface area contributed by atoms with Gasteiger partial charge < -0.3 is 5.32 Å². The second kappa shape index (κ2) is 6.77. The quantitative estimate of drug-likeness (QED) is 0.888. The van der Waals surface area contributed by atoms with Gasteiger partial charge in [-0.25, -0.2) is 4.68 Å². The van der Waals surface area contributed by atoms with Crippen LogP contribution in [0.15, 0.2) is 47.3 Å². The molecule has 0 radical (unpaired) electrons. The second-order valence-corrected chi connectivity index (χ2v) is 6.02.